The third kappa shape index (κ3) is 3.78. The van der Waals surface area contributed by atoms with E-state index in [2.05, 4.69) is 39.3 Å². The van der Waals surface area contributed by atoms with Crippen molar-refractivity contribution in [3.05, 3.63) is 88.1 Å². The van der Waals surface area contributed by atoms with Gasteiger partial charge in [0.25, 0.3) is 0 Å². The van der Waals surface area contributed by atoms with Crippen molar-refractivity contribution in [1.29, 1.82) is 0 Å². The van der Waals surface area contributed by atoms with E-state index < -0.39 is 0 Å². The van der Waals surface area contributed by atoms with Gasteiger partial charge >= 0.3 is 0 Å². The van der Waals surface area contributed by atoms with Crippen LogP contribution in [-0.4, -0.2) is 5.78 Å². The summed E-state index contributed by atoms with van der Waals surface area (Å²) in [5, 5.41) is 6.53. The van der Waals surface area contributed by atoms with Gasteiger partial charge in [-0.05, 0) is 77.2 Å². The fraction of sp³-hybridized carbons (Fsp3) is 0. The first-order valence-corrected chi connectivity index (χ1v) is 9.99. The number of carbonyl (C=O) groups is 1. The lowest BCUT2D eigenvalue weighted by Gasteiger charge is -2.20. The number of halogens is 1. The third-order valence-corrected chi connectivity index (χ3v) is 5.84. The number of hydrogen-bond donors (Lipinski definition) is 2. The topological polar surface area (TPSA) is 41.1 Å². The lowest BCUT2D eigenvalue weighted by molar-refractivity contribution is 0.104. The molecule has 0 amide bonds. The summed E-state index contributed by atoms with van der Waals surface area (Å²) in [4.78, 5) is 14.8. The molecule has 0 saturated carbocycles. The molecular formula is C21H15IN2OS. The average Bonchev–Trinajstić information content (AvgIpc) is 2.67. The second-order valence-electron chi connectivity index (χ2n) is 5.78. The zero-order valence-corrected chi connectivity index (χ0v) is 16.7. The minimum Gasteiger partial charge on any atom is -0.362 e. The van der Waals surface area contributed by atoms with E-state index in [-0.39, 0.29) is 5.78 Å². The van der Waals surface area contributed by atoms with Gasteiger partial charge < -0.3 is 10.6 Å². The Hall–Kier alpha value is -2.25. The molecule has 128 valence electrons. The molecular weight excluding hydrogens is 455 g/mol. The maximum Gasteiger partial charge on any atom is 0.187 e. The van der Waals surface area contributed by atoms with Crippen LogP contribution in [0.25, 0.3) is 0 Å². The summed E-state index contributed by atoms with van der Waals surface area (Å²) in [6, 6.07) is 22.0. The summed E-state index contributed by atoms with van der Waals surface area (Å²) in [5.41, 5.74) is 3.66. The zero-order chi connectivity index (χ0) is 17.9. The first-order chi connectivity index (χ1) is 12.7. The van der Waals surface area contributed by atoms with Gasteiger partial charge in [-0.1, -0.05) is 23.9 Å². The number of ketones is 1. The van der Waals surface area contributed by atoms with Gasteiger partial charge in [-0.3, -0.25) is 4.79 Å². The summed E-state index contributed by atoms with van der Waals surface area (Å²) >= 11 is 3.98. The van der Waals surface area contributed by atoms with Crippen molar-refractivity contribution in [2.45, 2.75) is 9.79 Å². The molecule has 0 unspecified atom stereocenters. The van der Waals surface area contributed by atoms with E-state index in [0.717, 1.165) is 22.0 Å². The first kappa shape index (κ1) is 17.2. The summed E-state index contributed by atoms with van der Waals surface area (Å²) in [6.07, 6.45) is 3.24. The van der Waals surface area contributed by atoms with Gasteiger partial charge in [0.1, 0.15) is 0 Å². The number of allylic oxidation sites excluding steroid dienone is 1. The number of benzene rings is 3. The van der Waals surface area contributed by atoms with Crippen molar-refractivity contribution in [2.24, 2.45) is 0 Å². The average molecular weight is 470 g/mol. The van der Waals surface area contributed by atoms with Crippen LogP contribution in [0.15, 0.2) is 88.8 Å². The smallest absolute Gasteiger partial charge is 0.187 e. The van der Waals surface area contributed by atoms with Crippen LogP contribution < -0.4 is 10.6 Å². The number of hydrogen-bond acceptors (Lipinski definition) is 4. The summed E-state index contributed by atoms with van der Waals surface area (Å²) < 4.78 is 1.18. The maximum atomic E-state index is 12.5. The van der Waals surface area contributed by atoms with E-state index in [4.69, 9.17) is 0 Å². The van der Waals surface area contributed by atoms with Crippen LogP contribution in [0.4, 0.5) is 17.1 Å². The van der Waals surface area contributed by atoms with Gasteiger partial charge in [0.05, 0.1) is 11.4 Å². The number of fused-ring (bicyclic) bond motifs is 2. The molecule has 3 aromatic rings. The number of rotatable bonds is 4. The molecule has 0 radical (unpaired) electrons. The zero-order valence-electron chi connectivity index (χ0n) is 13.7. The Morgan fingerprint density at radius 1 is 0.962 bits per heavy atom. The number of anilines is 3. The van der Waals surface area contributed by atoms with Crippen molar-refractivity contribution in [2.75, 3.05) is 10.6 Å². The molecule has 3 aromatic carbocycles. The van der Waals surface area contributed by atoms with Gasteiger partial charge in [0, 0.05) is 36.9 Å². The molecule has 26 heavy (non-hydrogen) atoms. The molecule has 1 aliphatic rings. The second kappa shape index (κ2) is 7.55. The van der Waals surface area contributed by atoms with E-state index in [1.807, 2.05) is 60.7 Å². The van der Waals surface area contributed by atoms with Crippen LogP contribution >= 0.6 is 34.4 Å². The lowest BCUT2D eigenvalue weighted by Crippen LogP contribution is -2.02. The lowest BCUT2D eigenvalue weighted by atomic mass is 10.1. The summed E-state index contributed by atoms with van der Waals surface area (Å²) in [6.45, 7) is 0. The van der Waals surface area contributed by atoms with Crippen LogP contribution in [0, 0.1) is 3.57 Å². The maximum absolute atomic E-state index is 12.5. The predicted octanol–water partition coefficient (Wildman–Crippen LogP) is 6.31. The Bertz CT molecular complexity index is 999. The van der Waals surface area contributed by atoms with Crippen molar-refractivity contribution < 1.29 is 4.79 Å². The largest absolute Gasteiger partial charge is 0.362 e. The fourth-order valence-electron chi connectivity index (χ4n) is 2.65. The highest BCUT2D eigenvalue weighted by Crippen LogP contribution is 2.44. The Balaban J connectivity index is 1.47. The molecule has 3 nitrogen and oxygen atoms in total. The van der Waals surface area contributed by atoms with Crippen molar-refractivity contribution in [3.8, 4) is 0 Å². The number of nitrogens with one attached hydrogen (secondary N) is 2. The van der Waals surface area contributed by atoms with Crippen LogP contribution in [0.2, 0.25) is 0 Å². The van der Waals surface area contributed by atoms with Gasteiger partial charge in [0.15, 0.2) is 5.78 Å². The number of carbonyl (C=O) groups excluding carboxylic acids is 1. The quantitative estimate of drug-likeness (QED) is 0.209. The van der Waals surface area contributed by atoms with Crippen molar-refractivity contribution >= 4 is 57.2 Å². The normalized spacial score (nSPS) is 12.2. The van der Waals surface area contributed by atoms with Crippen LogP contribution in [0.3, 0.4) is 0 Å². The van der Waals surface area contributed by atoms with E-state index in [9.17, 15) is 4.79 Å². The SMILES string of the molecule is O=C(/C=C/Nc1ccc(I)cc1)c1ccc2c(c1)Nc1ccccc1S2. The fourth-order valence-corrected chi connectivity index (χ4v) is 3.98. The Morgan fingerprint density at radius 3 is 2.58 bits per heavy atom. The van der Waals surface area contributed by atoms with Crippen molar-refractivity contribution in [1.82, 2.24) is 0 Å². The van der Waals surface area contributed by atoms with E-state index in [0.29, 0.717) is 5.56 Å². The Labute approximate surface area is 170 Å². The predicted molar refractivity (Wildman–Crippen MR) is 117 cm³/mol. The molecule has 5 heteroatoms. The molecule has 1 heterocycles. The van der Waals surface area contributed by atoms with Crippen LogP contribution in [0.1, 0.15) is 10.4 Å². The van der Waals surface area contributed by atoms with Gasteiger partial charge in [-0.15, -0.1) is 0 Å². The second-order valence-corrected chi connectivity index (χ2v) is 8.11. The molecule has 2 N–H and O–H groups in total. The highest BCUT2D eigenvalue weighted by atomic mass is 127. The van der Waals surface area contributed by atoms with Gasteiger partial charge in [-0.2, -0.15) is 0 Å². The van der Waals surface area contributed by atoms with Gasteiger partial charge in [-0.25, -0.2) is 0 Å². The highest BCUT2D eigenvalue weighted by Gasteiger charge is 2.16. The Morgan fingerprint density at radius 2 is 1.73 bits per heavy atom. The standard InChI is InChI=1S/C21H15IN2OS/c22-15-6-8-16(9-7-15)23-12-11-19(25)14-5-10-21-18(13-14)24-17-3-1-2-4-20(17)26-21/h1-13,23-24H/b12-11+. The minimum absolute atomic E-state index is 0.0310. The molecule has 4 rings (SSSR count). The molecule has 0 bridgehead atoms. The highest BCUT2D eigenvalue weighted by molar-refractivity contribution is 14.1. The molecule has 0 spiro atoms. The summed E-state index contributed by atoms with van der Waals surface area (Å²) in [7, 11) is 0. The molecule has 0 fully saturated rings. The van der Waals surface area contributed by atoms with E-state index >= 15 is 0 Å². The van der Waals surface area contributed by atoms with Crippen LogP contribution in [0.5, 0.6) is 0 Å². The van der Waals surface area contributed by atoms with Gasteiger partial charge in [0.2, 0.25) is 0 Å². The van der Waals surface area contributed by atoms with E-state index in [1.54, 1.807) is 24.0 Å². The molecule has 1 aliphatic heterocycles. The molecule has 0 atom stereocenters. The molecule has 0 saturated heterocycles. The first-order valence-electron chi connectivity index (χ1n) is 8.10. The van der Waals surface area contributed by atoms with Crippen LogP contribution in [-0.2, 0) is 0 Å². The number of para-hydroxylation sites is 1. The minimum atomic E-state index is -0.0310. The molecule has 0 aliphatic carbocycles. The third-order valence-electron chi connectivity index (χ3n) is 3.97. The van der Waals surface area contributed by atoms with Crippen molar-refractivity contribution in [3.63, 3.8) is 0 Å². The van der Waals surface area contributed by atoms with E-state index in [1.165, 1.54) is 8.47 Å². The Kier molecular flexibility index (Phi) is 4.99. The summed E-state index contributed by atoms with van der Waals surface area (Å²) in [5.74, 6) is -0.0310. The molecule has 0 aromatic heterocycles. The monoisotopic (exact) mass is 470 g/mol.